The number of nitrogens with one attached hydrogen (secondary N) is 2. The van der Waals surface area contributed by atoms with Crippen LogP contribution in [0, 0.1) is 18.3 Å². The predicted molar refractivity (Wildman–Crippen MR) is 166 cm³/mol. The Balaban J connectivity index is 1.67. The van der Waals surface area contributed by atoms with Crippen molar-refractivity contribution in [2.24, 2.45) is 11.3 Å². The molecule has 0 radical (unpaired) electrons. The summed E-state index contributed by atoms with van der Waals surface area (Å²) >= 11 is 0. The van der Waals surface area contributed by atoms with Gasteiger partial charge in [-0.3, -0.25) is 14.4 Å². The second-order valence-corrected chi connectivity index (χ2v) is 11.9. The molecule has 3 rings (SSSR count). The summed E-state index contributed by atoms with van der Waals surface area (Å²) in [6.45, 7) is 7.98. The number of carboxylic acid groups (broad SMARTS) is 1. The Bertz CT molecular complexity index is 1320. The standard InChI is InChI=1S/C35H44N2O5/c1-24-21-25(19-20-29(24)26-14-8-6-9-15-26)13-12-18-28(22-31(38)39)33(40)37-32(35(2,3)4)34(41)36-30(23-42-5)27-16-10-7-11-17-27/h6-11,14-17,19-21,28,30,32H,12-13,18,22-23H2,1-5H3,(H,36,41)(H,37,40)(H,38,39)/t28-,30-,32?/m1/s1. The molecule has 0 spiro atoms. The Labute approximate surface area is 249 Å². The van der Waals surface area contributed by atoms with E-state index < -0.39 is 35.3 Å². The van der Waals surface area contributed by atoms with Gasteiger partial charge in [-0.1, -0.05) is 99.6 Å². The Morgan fingerprint density at radius 1 is 0.881 bits per heavy atom. The van der Waals surface area contributed by atoms with Crippen LogP contribution in [0.3, 0.4) is 0 Å². The highest BCUT2D eigenvalue weighted by molar-refractivity contribution is 5.90. The van der Waals surface area contributed by atoms with Gasteiger partial charge in [0.1, 0.15) is 6.04 Å². The molecule has 0 aliphatic rings. The Morgan fingerprint density at radius 3 is 2.10 bits per heavy atom. The molecule has 3 aromatic carbocycles. The lowest BCUT2D eigenvalue weighted by atomic mass is 9.85. The molecular weight excluding hydrogens is 528 g/mol. The van der Waals surface area contributed by atoms with E-state index in [1.807, 2.05) is 69.3 Å². The van der Waals surface area contributed by atoms with Crippen molar-refractivity contribution in [2.45, 2.75) is 65.5 Å². The smallest absolute Gasteiger partial charge is 0.304 e. The zero-order valence-electron chi connectivity index (χ0n) is 25.4. The van der Waals surface area contributed by atoms with Crippen LogP contribution in [0.4, 0.5) is 0 Å². The van der Waals surface area contributed by atoms with Crippen LogP contribution in [0.25, 0.3) is 11.1 Å². The summed E-state index contributed by atoms with van der Waals surface area (Å²) in [5.41, 5.74) is 4.92. The lowest BCUT2D eigenvalue weighted by molar-refractivity contribution is -0.142. The second kappa shape index (κ2) is 15.3. The Morgan fingerprint density at radius 2 is 1.52 bits per heavy atom. The summed E-state index contributed by atoms with van der Waals surface area (Å²) in [6, 6.07) is 24.8. The minimum Gasteiger partial charge on any atom is -0.481 e. The number of aryl methyl sites for hydroxylation is 2. The molecule has 0 aliphatic carbocycles. The number of aliphatic carboxylic acids is 1. The minimum absolute atomic E-state index is 0.272. The van der Waals surface area contributed by atoms with Gasteiger partial charge in [0.05, 0.1) is 19.1 Å². The Kier molecular flexibility index (Phi) is 11.9. The van der Waals surface area contributed by atoms with Crippen molar-refractivity contribution in [1.82, 2.24) is 10.6 Å². The molecule has 2 amide bonds. The Hall–Kier alpha value is -3.97. The molecule has 0 bridgehead atoms. The molecule has 0 heterocycles. The van der Waals surface area contributed by atoms with Crippen molar-refractivity contribution >= 4 is 17.8 Å². The lowest BCUT2D eigenvalue weighted by Gasteiger charge is -2.33. The molecular formula is C35H44N2O5. The van der Waals surface area contributed by atoms with Crippen molar-refractivity contribution < 1.29 is 24.2 Å². The van der Waals surface area contributed by atoms with Gasteiger partial charge in [0.2, 0.25) is 11.8 Å². The van der Waals surface area contributed by atoms with Gasteiger partial charge < -0.3 is 20.5 Å². The van der Waals surface area contributed by atoms with Crippen molar-refractivity contribution in [1.29, 1.82) is 0 Å². The molecule has 3 N–H and O–H groups in total. The van der Waals surface area contributed by atoms with Crippen LogP contribution < -0.4 is 10.6 Å². The first-order valence-electron chi connectivity index (χ1n) is 14.5. The van der Waals surface area contributed by atoms with E-state index in [-0.39, 0.29) is 18.9 Å². The molecule has 0 saturated carbocycles. The first kappa shape index (κ1) is 32.5. The van der Waals surface area contributed by atoms with Crippen molar-refractivity contribution in [3.63, 3.8) is 0 Å². The summed E-state index contributed by atoms with van der Waals surface area (Å²) in [7, 11) is 1.57. The van der Waals surface area contributed by atoms with Gasteiger partial charge in [0.25, 0.3) is 0 Å². The number of carbonyl (C=O) groups is 3. The van der Waals surface area contributed by atoms with E-state index in [4.69, 9.17) is 4.74 Å². The maximum absolute atomic E-state index is 13.5. The van der Waals surface area contributed by atoms with Crippen LogP contribution in [-0.4, -0.2) is 42.6 Å². The number of amides is 2. The van der Waals surface area contributed by atoms with Crippen molar-refractivity contribution in [3.8, 4) is 11.1 Å². The molecule has 3 aromatic rings. The average Bonchev–Trinajstić information content (AvgIpc) is 2.95. The fourth-order valence-corrected chi connectivity index (χ4v) is 5.18. The van der Waals surface area contributed by atoms with E-state index in [0.717, 1.165) is 23.1 Å². The molecule has 0 aromatic heterocycles. The maximum Gasteiger partial charge on any atom is 0.304 e. The lowest BCUT2D eigenvalue weighted by Crippen LogP contribution is -2.55. The van der Waals surface area contributed by atoms with Gasteiger partial charge in [-0.25, -0.2) is 0 Å². The SMILES string of the molecule is COC[C@@H](NC(=O)C(NC(=O)[C@H](CCCc1ccc(-c2ccccc2)c(C)c1)CC(=O)O)C(C)(C)C)c1ccccc1. The number of methoxy groups -OCH3 is 1. The number of carbonyl (C=O) groups excluding carboxylic acids is 2. The third kappa shape index (κ3) is 9.55. The number of rotatable bonds is 14. The van der Waals surface area contributed by atoms with Crippen LogP contribution in [0.15, 0.2) is 78.9 Å². The fraction of sp³-hybridized carbons (Fsp3) is 0.400. The van der Waals surface area contributed by atoms with Crippen LogP contribution >= 0.6 is 0 Å². The van der Waals surface area contributed by atoms with Crippen LogP contribution in [0.5, 0.6) is 0 Å². The molecule has 3 atom stereocenters. The first-order chi connectivity index (χ1) is 20.0. The van der Waals surface area contributed by atoms with E-state index in [0.29, 0.717) is 12.8 Å². The molecule has 7 nitrogen and oxygen atoms in total. The number of carboxylic acids is 1. The van der Waals surface area contributed by atoms with E-state index in [1.54, 1.807) is 7.11 Å². The van der Waals surface area contributed by atoms with Crippen LogP contribution in [-0.2, 0) is 25.5 Å². The average molecular weight is 573 g/mol. The van der Waals surface area contributed by atoms with E-state index in [2.05, 4.69) is 47.9 Å². The number of hydrogen-bond acceptors (Lipinski definition) is 4. The summed E-state index contributed by atoms with van der Waals surface area (Å²) < 4.78 is 5.34. The molecule has 0 saturated heterocycles. The van der Waals surface area contributed by atoms with Crippen molar-refractivity contribution in [3.05, 3.63) is 95.6 Å². The summed E-state index contributed by atoms with van der Waals surface area (Å²) in [4.78, 5) is 38.6. The molecule has 42 heavy (non-hydrogen) atoms. The fourth-order valence-electron chi connectivity index (χ4n) is 5.18. The summed E-state index contributed by atoms with van der Waals surface area (Å²) in [6.07, 6.45) is 1.46. The van der Waals surface area contributed by atoms with Gasteiger partial charge in [0.15, 0.2) is 0 Å². The summed E-state index contributed by atoms with van der Waals surface area (Å²) in [5, 5.41) is 15.5. The van der Waals surface area contributed by atoms with Gasteiger partial charge in [-0.05, 0) is 59.4 Å². The van der Waals surface area contributed by atoms with E-state index >= 15 is 0 Å². The number of hydrogen-bond donors (Lipinski definition) is 3. The maximum atomic E-state index is 13.5. The van der Waals surface area contributed by atoms with Crippen LogP contribution in [0.2, 0.25) is 0 Å². The number of ether oxygens (including phenoxy) is 1. The second-order valence-electron chi connectivity index (χ2n) is 11.9. The molecule has 0 fully saturated rings. The highest BCUT2D eigenvalue weighted by Gasteiger charge is 2.36. The molecule has 0 aliphatic heterocycles. The zero-order valence-corrected chi connectivity index (χ0v) is 25.4. The monoisotopic (exact) mass is 572 g/mol. The third-order valence-electron chi connectivity index (χ3n) is 7.45. The minimum atomic E-state index is -1.04. The van der Waals surface area contributed by atoms with Crippen molar-refractivity contribution in [2.75, 3.05) is 13.7 Å². The van der Waals surface area contributed by atoms with Crippen LogP contribution in [0.1, 0.15) is 62.8 Å². The zero-order chi connectivity index (χ0) is 30.7. The predicted octanol–water partition coefficient (Wildman–Crippen LogP) is 6.11. The number of benzene rings is 3. The normalized spacial score (nSPS) is 13.5. The van der Waals surface area contributed by atoms with E-state index in [1.165, 1.54) is 11.1 Å². The highest BCUT2D eigenvalue weighted by atomic mass is 16.5. The first-order valence-corrected chi connectivity index (χ1v) is 14.5. The quantitative estimate of drug-likeness (QED) is 0.216. The summed E-state index contributed by atoms with van der Waals surface area (Å²) in [5.74, 6) is -2.57. The third-order valence-corrected chi connectivity index (χ3v) is 7.45. The largest absolute Gasteiger partial charge is 0.481 e. The molecule has 7 heteroatoms. The van der Waals surface area contributed by atoms with Gasteiger partial charge in [0, 0.05) is 13.0 Å². The van der Waals surface area contributed by atoms with Gasteiger partial charge in [-0.2, -0.15) is 0 Å². The molecule has 1 unspecified atom stereocenters. The highest BCUT2D eigenvalue weighted by Crippen LogP contribution is 2.26. The van der Waals surface area contributed by atoms with Gasteiger partial charge in [-0.15, -0.1) is 0 Å². The topological polar surface area (TPSA) is 105 Å². The van der Waals surface area contributed by atoms with Gasteiger partial charge >= 0.3 is 5.97 Å². The van der Waals surface area contributed by atoms with E-state index in [9.17, 15) is 19.5 Å². The molecule has 224 valence electrons.